The van der Waals surface area contributed by atoms with Gasteiger partial charge in [0.1, 0.15) is 5.82 Å². The van der Waals surface area contributed by atoms with E-state index < -0.39 is 6.04 Å². The normalized spacial score (nSPS) is 12.5. The van der Waals surface area contributed by atoms with Crippen LogP contribution in [0.25, 0.3) is 0 Å². The molecular formula is C13H9BrCl2FN. The molecule has 0 aliphatic carbocycles. The number of halogens is 4. The lowest BCUT2D eigenvalue weighted by Gasteiger charge is -2.17. The van der Waals surface area contributed by atoms with Crippen LogP contribution in [0.3, 0.4) is 0 Å². The van der Waals surface area contributed by atoms with Gasteiger partial charge in [0.2, 0.25) is 0 Å². The maximum atomic E-state index is 13.8. The Bertz CT molecular complexity index is 569. The van der Waals surface area contributed by atoms with E-state index in [2.05, 4.69) is 15.9 Å². The van der Waals surface area contributed by atoms with Gasteiger partial charge in [0, 0.05) is 10.0 Å². The highest BCUT2D eigenvalue weighted by atomic mass is 79.9. The topological polar surface area (TPSA) is 26.0 Å². The first-order chi connectivity index (χ1) is 8.52. The summed E-state index contributed by atoms with van der Waals surface area (Å²) in [7, 11) is 0. The molecule has 2 rings (SSSR count). The summed E-state index contributed by atoms with van der Waals surface area (Å²) in [4.78, 5) is 0. The molecule has 1 nitrogen and oxygen atoms in total. The second-order valence-corrected chi connectivity index (χ2v) is 5.40. The van der Waals surface area contributed by atoms with Crippen LogP contribution in [0.1, 0.15) is 17.2 Å². The standard InChI is InChI=1S/C13H9BrCl2FN/c14-8-4-2-6-10(17)11(8)13(18)7-3-1-5-9(15)12(7)16/h1-6,13H,18H2. The van der Waals surface area contributed by atoms with Gasteiger partial charge in [-0.15, -0.1) is 0 Å². The molecule has 18 heavy (non-hydrogen) atoms. The molecule has 1 atom stereocenters. The fourth-order valence-electron chi connectivity index (χ4n) is 1.72. The summed E-state index contributed by atoms with van der Waals surface area (Å²) < 4.78 is 14.4. The Morgan fingerprint density at radius 1 is 1.11 bits per heavy atom. The van der Waals surface area contributed by atoms with Crippen molar-refractivity contribution in [3.63, 3.8) is 0 Å². The highest BCUT2D eigenvalue weighted by Gasteiger charge is 2.19. The van der Waals surface area contributed by atoms with Gasteiger partial charge in [-0.25, -0.2) is 4.39 Å². The van der Waals surface area contributed by atoms with Gasteiger partial charge in [-0.1, -0.05) is 57.3 Å². The van der Waals surface area contributed by atoms with Gasteiger partial charge in [-0.3, -0.25) is 0 Å². The highest BCUT2D eigenvalue weighted by molar-refractivity contribution is 9.10. The minimum Gasteiger partial charge on any atom is -0.320 e. The third kappa shape index (κ3) is 2.54. The molecular weight excluding hydrogens is 340 g/mol. The van der Waals surface area contributed by atoms with Crippen molar-refractivity contribution in [2.45, 2.75) is 6.04 Å². The van der Waals surface area contributed by atoms with Gasteiger partial charge >= 0.3 is 0 Å². The average molecular weight is 349 g/mol. The molecule has 0 saturated heterocycles. The zero-order chi connectivity index (χ0) is 13.3. The number of hydrogen-bond donors (Lipinski definition) is 1. The van der Waals surface area contributed by atoms with E-state index in [0.717, 1.165) is 0 Å². The first-order valence-corrected chi connectivity index (χ1v) is 6.70. The number of benzene rings is 2. The van der Waals surface area contributed by atoms with E-state index in [0.29, 0.717) is 25.6 Å². The summed E-state index contributed by atoms with van der Waals surface area (Å²) in [6.45, 7) is 0. The van der Waals surface area contributed by atoms with Crippen LogP contribution >= 0.6 is 39.1 Å². The number of rotatable bonds is 2. The molecule has 0 saturated carbocycles. The molecule has 2 aromatic carbocycles. The molecule has 0 aromatic heterocycles. The quantitative estimate of drug-likeness (QED) is 0.816. The lowest BCUT2D eigenvalue weighted by molar-refractivity contribution is 0.598. The van der Waals surface area contributed by atoms with Gasteiger partial charge in [-0.05, 0) is 23.8 Å². The maximum Gasteiger partial charge on any atom is 0.129 e. The van der Waals surface area contributed by atoms with Crippen molar-refractivity contribution in [3.8, 4) is 0 Å². The van der Waals surface area contributed by atoms with Crippen LogP contribution in [0.5, 0.6) is 0 Å². The van der Waals surface area contributed by atoms with Crippen LogP contribution < -0.4 is 5.73 Å². The Morgan fingerprint density at radius 2 is 1.78 bits per heavy atom. The maximum absolute atomic E-state index is 13.8. The molecule has 0 spiro atoms. The third-order valence-electron chi connectivity index (χ3n) is 2.63. The summed E-state index contributed by atoms with van der Waals surface area (Å²) in [5.74, 6) is -0.382. The van der Waals surface area contributed by atoms with Crippen LogP contribution in [0, 0.1) is 5.82 Å². The zero-order valence-electron chi connectivity index (χ0n) is 9.13. The van der Waals surface area contributed by atoms with Gasteiger partial charge < -0.3 is 5.73 Å². The second-order valence-electron chi connectivity index (χ2n) is 3.76. The van der Waals surface area contributed by atoms with Crippen molar-refractivity contribution in [1.29, 1.82) is 0 Å². The van der Waals surface area contributed by atoms with Crippen molar-refractivity contribution in [1.82, 2.24) is 0 Å². The van der Waals surface area contributed by atoms with Gasteiger partial charge in [0.25, 0.3) is 0 Å². The molecule has 94 valence electrons. The van der Waals surface area contributed by atoms with E-state index >= 15 is 0 Å². The van der Waals surface area contributed by atoms with Crippen LogP contribution in [0.4, 0.5) is 4.39 Å². The van der Waals surface area contributed by atoms with Gasteiger partial charge in [-0.2, -0.15) is 0 Å². The predicted molar refractivity (Wildman–Crippen MR) is 76.6 cm³/mol. The van der Waals surface area contributed by atoms with E-state index in [4.69, 9.17) is 28.9 Å². The fourth-order valence-corrected chi connectivity index (χ4v) is 2.74. The van der Waals surface area contributed by atoms with Crippen molar-refractivity contribution in [2.24, 2.45) is 5.73 Å². The van der Waals surface area contributed by atoms with Crippen LogP contribution in [-0.4, -0.2) is 0 Å². The molecule has 0 bridgehead atoms. The predicted octanol–water partition coefficient (Wildman–Crippen LogP) is 4.94. The Kier molecular flexibility index (Phi) is 4.28. The molecule has 0 aliphatic heterocycles. The largest absolute Gasteiger partial charge is 0.320 e. The van der Waals surface area contributed by atoms with Crippen molar-refractivity contribution < 1.29 is 4.39 Å². The Balaban J connectivity index is 2.55. The van der Waals surface area contributed by atoms with E-state index in [1.54, 1.807) is 30.3 Å². The van der Waals surface area contributed by atoms with Crippen LogP contribution in [0.15, 0.2) is 40.9 Å². The van der Waals surface area contributed by atoms with Crippen LogP contribution in [-0.2, 0) is 0 Å². The number of hydrogen-bond acceptors (Lipinski definition) is 1. The zero-order valence-corrected chi connectivity index (χ0v) is 12.2. The van der Waals surface area contributed by atoms with Crippen molar-refractivity contribution >= 4 is 39.1 Å². The molecule has 0 fully saturated rings. The Morgan fingerprint density at radius 3 is 2.44 bits per heavy atom. The first-order valence-electron chi connectivity index (χ1n) is 5.15. The van der Waals surface area contributed by atoms with E-state index in [9.17, 15) is 4.39 Å². The Hall–Kier alpha value is -0.610. The van der Waals surface area contributed by atoms with Crippen molar-refractivity contribution in [2.75, 3.05) is 0 Å². The second kappa shape index (κ2) is 5.57. The SMILES string of the molecule is NC(c1cccc(Cl)c1Cl)c1c(F)cccc1Br. The first kappa shape index (κ1) is 13.8. The van der Waals surface area contributed by atoms with Crippen molar-refractivity contribution in [3.05, 3.63) is 67.9 Å². The summed E-state index contributed by atoms with van der Waals surface area (Å²) in [6, 6.07) is 9.16. The van der Waals surface area contributed by atoms with Gasteiger partial charge in [0.05, 0.1) is 16.1 Å². The molecule has 0 amide bonds. The minimum absolute atomic E-state index is 0.349. The molecule has 1 unspecified atom stereocenters. The monoisotopic (exact) mass is 347 g/mol. The van der Waals surface area contributed by atoms with Gasteiger partial charge in [0.15, 0.2) is 0 Å². The lowest BCUT2D eigenvalue weighted by Crippen LogP contribution is -2.15. The molecule has 0 aliphatic rings. The van der Waals surface area contributed by atoms with Crippen LogP contribution in [0.2, 0.25) is 10.0 Å². The average Bonchev–Trinajstić information content (AvgIpc) is 2.32. The molecule has 2 N–H and O–H groups in total. The van der Waals surface area contributed by atoms with E-state index in [1.807, 2.05) is 0 Å². The lowest BCUT2D eigenvalue weighted by atomic mass is 9.99. The fraction of sp³-hybridized carbons (Fsp3) is 0.0769. The minimum atomic E-state index is -0.674. The summed E-state index contributed by atoms with van der Waals surface area (Å²) in [6.07, 6.45) is 0. The summed E-state index contributed by atoms with van der Waals surface area (Å²) in [5, 5.41) is 0.749. The molecule has 0 radical (unpaired) electrons. The number of nitrogens with two attached hydrogens (primary N) is 1. The molecule has 5 heteroatoms. The smallest absolute Gasteiger partial charge is 0.129 e. The highest BCUT2D eigenvalue weighted by Crippen LogP contribution is 2.35. The Labute approximate surface area is 123 Å². The van der Waals surface area contributed by atoms with E-state index in [1.165, 1.54) is 6.07 Å². The summed E-state index contributed by atoms with van der Waals surface area (Å²) >= 11 is 15.3. The molecule has 2 aromatic rings. The van der Waals surface area contributed by atoms with E-state index in [-0.39, 0.29) is 5.82 Å². The third-order valence-corrected chi connectivity index (χ3v) is 4.15. The molecule has 0 heterocycles. The summed E-state index contributed by atoms with van der Waals surface area (Å²) in [5.41, 5.74) is 7.03.